The van der Waals surface area contributed by atoms with Gasteiger partial charge in [0.15, 0.2) is 15.8 Å². The molecule has 1 atom stereocenters. The maximum atomic E-state index is 12.1. The third kappa shape index (κ3) is 6.30. The molecule has 1 heterocycles. The van der Waals surface area contributed by atoms with Crippen LogP contribution in [0, 0.1) is 0 Å². The van der Waals surface area contributed by atoms with E-state index >= 15 is 0 Å². The van der Waals surface area contributed by atoms with Crippen LogP contribution in [0.4, 0.5) is 0 Å². The van der Waals surface area contributed by atoms with E-state index in [2.05, 4.69) is 27.4 Å². The molecule has 1 rings (SSSR count). The second-order valence-electron chi connectivity index (χ2n) is 7.00. The second-order valence-corrected chi connectivity index (χ2v) is 9.86. The van der Waals surface area contributed by atoms with E-state index in [9.17, 15) is 8.42 Å². The number of guanidine groups is 1. The minimum absolute atomic E-state index is 0.116. The number of likely N-dealkylation sites (N-methyl/N-ethyl adjacent to an activating group) is 1. The van der Waals surface area contributed by atoms with Crippen molar-refractivity contribution in [2.75, 3.05) is 38.5 Å². The van der Waals surface area contributed by atoms with Gasteiger partial charge in [-0.1, -0.05) is 6.92 Å². The van der Waals surface area contributed by atoms with Gasteiger partial charge in [-0.2, -0.15) is 0 Å². The standard InChI is InChI=1S/C16H34N4O2S/c1-6-17-15(18-10-12-23(21,22)16(3,4)5)19-13-14-9-8-11-20(14)7-2/h14H,6-13H2,1-5H3,(H2,17,18,19). The molecule has 0 aromatic heterocycles. The predicted octanol–water partition coefficient (Wildman–Crippen LogP) is 1.24. The number of nitrogens with one attached hydrogen (secondary N) is 2. The lowest BCUT2D eigenvalue weighted by atomic mass is 10.2. The SMILES string of the molecule is CCNC(=NCC1CCCN1CC)NCCS(=O)(=O)C(C)(C)C. The molecule has 0 aliphatic carbocycles. The Morgan fingerprint density at radius 2 is 1.96 bits per heavy atom. The van der Waals surface area contributed by atoms with Crippen LogP contribution in [0.2, 0.25) is 0 Å². The zero-order valence-corrected chi connectivity index (χ0v) is 16.2. The molecule has 0 aromatic carbocycles. The Balaban J connectivity index is 2.53. The van der Waals surface area contributed by atoms with Crippen LogP contribution in [-0.2, 0) is 9.84 Å². The molecule has 1 fully saturated rings. The lowest BCUT2D eigenvalue weighted by Gasteiger charge is -2.22. The minimum Gasteiger partial charge on any atom is -0.357 e. The molecule has 0 amide bonds. The van der Waals surface area contributed by atoms with Crippen LogP contribution in [0.3, 0.4) is 0 Å². The first-order chi connectivity index (χ1) is 10.7. The molecule has 2 N–H and O–H groups in total. The smallest absolute Gasteiger partial charge is 0.191 e. The number of rotatable bonds is 7. The van der Waals surface area contributed by atoms with Gasteiger partial charge in [-0.25, -0.2) is 8.42 Å². The van der Waals surface area contributed by atoms with Crippen molar-refractivity contribution in [2.24, 2.45) is 4.99 Å². The molecular formula is C16H34N4O2S. The van der Waals surface area contributed by atoms with E-state index in [1.54, 1.807) is 20.8 Å². The van der Waals surface area contributed by atoms with Crippen molar-refractivity contribution in [3.8, 4) is 0 Å². The summed E-state index contributed by atoms with van der Waals surface area (Å²) in [6.45, 7) is 13.5. The third-order valence-electron chi connectivity index (χ3n) is 4.31. The van der Waals surface area contributed by atoms with Gasteiger partial charge in [-0.3, -0.25) is 9.89 Å². The van der Waals surface area contributed by atoms with Crippen LogP contribution in [0.15, 0.2) is 4.99 Å². The van der Waals surface area contributed by atoms with Crippen molar-refractivity contribution < 1.29 is 8.42 Å². The van der Waals surface area contributed by atoms with Crippen LogP contribution in [0.25, 0.3) is 0 Å². The van der Waals surface area contributed by atoms with Crippen LogP contribution >= 0.6 is 0 Å². The summed E-state index contributed by atoms with van der Waals surface area (Å²) in [5.41, 5.74) is 0. The summed E-state index contributed by atoms with van der Waals surface area (Å²) in [4.78, 5) is 7.09. The predicted molar refractivity (Wildman–Crippen MR) is 97.8 cm³/mol. The monoisotopic (exact) mass is 346 g/mol. The maximum Gasteiger partial charge on any atom is 0.191 e. The van der Waals surface area contributed by atoms with Gasteiger partial charge < -0.3 is 10.6 Å². The average Bonchev–Trinajstić information content (AvgIpc) is 2.90. The highest BCUT2D eigenvalue weighted by atomic mass is 32.2. The van der Waals surface area contributed by atoms with Crippen molar-refractivity contribution in [1.29, 1.82) is 0 Å². The van der Waals surface area contributed by atoms with Gasteiger partial charge in [-0.05, 0) is 53.6 Å². The van der Waals surface area contributed by atoms with Gasteiger partial charge in [0.1, 0.15) is 0 Å². The Morgan fingerprint density at radius 1 is 1.26 bits per heavy atom. The van der Waals surface area contributed by atoms with E-state index < -0.39 is 14.6 Å². The largest absolute Gasteiger partial charge is 0.357 e. The fraction of sp³-hybridized carbons (Fsp3) is 0.938. The quantitative estimate of drug-likeness (QED) is 0.536. The molecular weight excluding hydrogens is 312 g/mol. The van der Waals surface area contributed by atoms with Crippen molar-refractivity contribution >= 4 is 15.8 Å². The van der Waals surface area contributed by atoms with Crippen molar-refractivity contribution in [3.05, 3.63) is 0 Å². The normalized spacial score (nSPS) is 20.7. The van der Waals surface area contributed by atoms with Crippen molar-refractivity contribution in [1.82, 2.24) is 15.5 Å². The van der Waals surface area contributed by atoms with Gasteiger partial charge in [-0.15, -0.1) is 0 Å². The summed E-state index contributed by atoms with van der Waals surface area (Å²) in [5, 5.41) is 6.34. The van der Waals surface area contributed by atoms with Crippen LogP contribution in [0.5, 0.6) is 0 Å². The zero-order chi connectivity index (χ0) is 17.5. The molecule has 0 radical (unpaired) electrons. The highest BCUT2D eigenvalue weighted by Gasteiger charge is 2.28. The van der Waals surface area contributed by atoms with Gasteiger partial charge in [0.25, 0.3) is 0 Å². The molecule has 0 saturated carbocycles. The van der Waals surface area contributed by atoms with E-state index in [1.165, 1.54) is 12.8 Å². The maximum absolute atomic E-state index is 12.1. The van der Waals surface area contributed by atoms with Crippen molar-refractivity contribution in [2.45, 2.75) is 58.2 Å². The van der Waals surface area contributed by atoms with E-state index in [0.29, 0.717) is 18.5 Å². The van der Waals surface area contributed by atoms with E-state index in [1.807, 2.05) is 6.92 Å². The lowest BCUT2D eigenvalue weighted by molar-refractivity contribution is 0.273. The van der Waals surface area contributed by atoms with E-state index in [-0.39, 0.29) is 5.75 Å². The first-order valence-electron chi connectivity index (χ1n) is 8.69. The Hall–Kier alpha value is -0.820. The first kappa shape index (κ1) is 20.2. The lowest BCUT2D eigenvalue weighted by Crippen LogP contribution is -2.42. The number of aliphatic imine (C=N–C) groups is 1. The van der Waals surface area contributed by atoms with Crippen molar-refractivity contribution in [3.63, 3.8) is 0 Å². The topological polar surface area (TPSA) is 73.8 Å². The summed E-state index contributed by atoms with van der Waals surface area (Å²) < 4.78 is 23.6. The summed E-state index contributed by atoms with van der Waals surface area (Å²) in [6.07, 6.45) is 2.43. The Kier molecular flexibility index (Phi) is 7.80. The fourth-order valence-electron chi connectivity index (χ4n) is 2.67. The Morgan fingerprint density at radius 3 is 2.52 bits per heavy atom. The minimum atomic E-state index is -3.11. The van der Waals surface area contributed by atoms with Crippen LogP contribution in [0.1, 0.15) is 47.5 Å². The molecule has 1 aliphatic rings. The highest BCUT2D eigenvalue weighted by molar-refractivity contribution is 7.92. The number of likely N-dealkylation sites (tertiary alicyclic amines) is 1. The molecule has 6 nitrogen and oxygen atoms in total. The molecule has 1 aliphatic heterocycles. The van der Waals surface area contributed by atoms with E-state index in [0.717, 1.165) is 26.2 Å². The molecule has 7 heteroatoms. The van der Waals surface area contributed by atoms with Gasteiger partial charge >= 0.3 is 0 Å². The molecule has 1 saturated heterocycles. The second kappa shape index (κ2) is 8.87. The highest BCUT2D eigenvalue weighted by Crippen LogP contribution is 2.17. The molecule has 0 aromatic rings. The summed E-state index contributed by atoms with van der Waals surface area (Å²) >= 11 is 0. The third-order valence-corrected chi connectivity index (χ3v) is 6.91. The number of nitrogens with zero attached hydrogens (tertiary/aromatic N) is 2. The Bertz CT molecular complexity index is 483. The molecule has 0 bridgehead atoms. The molecule has 136 valence electrons. The van der Waals surface area contributed by atoms with Gasteiger partial charge in [0.05, 0.1) is 17.0 Å². The van der Waals surface area contributed by atoms with Gasteiger partial charge in [0.2, 0.25) is 0 Å². The van der Waals surface area contributed by atoms with Crippen LogP contribution < -0.4 is 10.6 Å². The Labute approximate surface area is 142 Å². The zero-order valence-electron chi connectivity index (χ0n) is 15.4. The average molecular weight is 347 g/mol. The van der Waals surface area contributed by atoms with Crippen LogP contribution in [-0.4, -0.2) is 68.5 Å². The summed E-state index contributed by atoms with van der Waals surface area (Å²) in [6, 6.07) is 0.508. The fourth-order valence-corrected chi connectivity index (χ4v) is 3.65. The number of hydrogen-bond donors (Lipinski definition) is 2. The summed E-state index contributed by atoms with van der Waals surface area (Å²) in [5.74, 6) is 0.824. The van der Waals surface area contributed by atoms with E-state index in [4.69, 9.17) is 0 Å². The molecule has 0 spiro atoms. The summed E-state index contributed by atoms with van der Waals surface area (Å²) in [7, 11) is -3.11. The number of hydrogen-bond acceptors (Lipinski definition) is 4. The molecule has 1 unspecified atom stereocenters. The molecule has 23 heavy (non-hydrogen) atoms. The van der Waals surface area contributed by atoms with Gasteiger partial charge in [0, 0.05) is 19.1 Å². The first-order valence-corrected chi connectivity index (χ1v) is 10.3. The number of sulfone groups is 1.